The summed E-state index contributed by atoms with van der Waals surface area (Å²) < 4.78 is 36.8. The Morgan fingerprint density at radius 3 is 2.48 bits per heavy atom. The Bertz CT molecular complexity index is 942. The van der Waals surface area contributed by atoms with Crippen LogP contribution in [0, 0.1) is 10.1 Å². The van der Waals surface area contributed by atoms with E-state index < -0.39 is 28.5 Å². The van der Waals surface area contributed by atoms with Crippen LogP contribution in [0.15, 0.2) is 48.5 Å². The zero-order valence-corrected chi connectivity index (χ0v) is 14.0. The van der Waals surface area contributed by atoms with Gasteiger partial charge < -0.3 is 5.32 Å². The summed E-state index contributed by atoms with van der Waals surface area (Å²) in [5.41, 5.74) is -0.169. The van der Waals surface area contributed by atoms with Crippen molar-refractivity contribution in [1.82, 2.24) is 0 Å². The summed E-state index contributed by atoms with van der Waals surface area (Å²) in [6.07, 6.45) is -2.63. The van der Waals surface area contributed by atoms with Crippen LogP contribution in [0.3, 0.4) is 0 Å². The number of nitro groups is 1. The average molecular weight is 399 g/mol. The van der Waals surface area contributed by atoms with Gasteiger partial charge in [-0.05, 0) is 35.9 Å². The molecule has 2 aromatic rings. The molecule has 0 aliphatic heterocycles. The molecule has 0 heterocycles. The van der Waals surface area contributed by atoms with E-state index in [1.165, 1.54) is 42.5 Å². The van der Waals surface area contributed by atoms with E-state index in [2.05, 4.69) is 0 Å². The summed E-state index contributed by atoms with van der Waals surface area (Å²) in [6, 6.07) is 8.93. The van der Waals surface area contributed by atoms with Gasteiger partial charge in [-0.3, -0.25) is 19.7 Å². The second-order valence-electron chi connectivity index (χ2n) is 5.20. The molecule has 0 spiro atoms. The summed E-state index contributed by atoms with van der Waals surface area (Å²) in [5.74, 6) is -2.69. The monoisotopic (exact) mass is 398 g/mol. The second-order valence-corrected chi connectivity index (χ2v) is 5.61. The molecule has 0 aromatic heterocycles. The minimum absolute atomic E-state index is 0.0175. The molecule has 2 aromatic carbocycles. The maximum absolute atomic E-state index is 12.3. The van der Waals surface area contributed by atoms with E-state index in [0.717, 1.165) is 12.1 Å². The molecule has 2 rings (SSSR count). The molecule has 0 unspecified atom stereocenters. The molecular formula is C17H10ClF3N2O4. The highest BCUT2D eigenvalue weighted by molar-refractivity contribution is 6.32. The Balaban J connectivity index is 2.17. The molecule has 6 nitrogen and oxygen atoms in total. The molecule has 1 amide bonds. The van der Waals surface area contributed by atoms with Crippen molar-refractivity contribution in [3.63, 3.8) is 0 Å². The lowest BCUT2D eigenvalue weighted by molar-refractivity contribution is -0.384. The fourth-order valence-corrected chi connectivity index (χ4v) is 2.18. The number of carbonyl (C=O) groups is 2. The van der Waals surface area contributed by atoms with Gasteiger partial charge in [0, 0.05) is 17.3 Å². The van der Waals surface area contributed by atoms with Crippen molar-refractivity contribution < 1.29 is 27.7 Å². The lowest BCUT2D eigenvalue weighted by Crippen LogP contribution is -2.29. The van der Waals surface area contributed by atoms with Gasteiger partial charge in [0.15, 0.2) is 5.78 Å². The lowest BCUT2D eigenvalue weighted by Gasteiger charge is -2.08. The summed E-state index contributed by atoms with van der Waals surface area (Å²) in [7, 11) is 0. The highest BCUT2D eigenvalue weighted by Crippen LogP contribution is 2.25. The molecule has 0 aliphatic carbocycles. The third-order valence-corrected chi connectivity index (χ3v) is 3.58. The normalized spacial score (nSPS) is 11.4. The molecule has 27 heavy (non-hydrogen) atoms. The standard InChI is InChI=1S/C17H10ClF3N2O4/c18-13-6-5-11(9-14(13)23(26)27)15(24)7-4-10-2-1-3-12(8-10)22-16(25)17(19,20)21/h1-9H,(H,22,25)/b7-4+. The van der Waals surface area contributed by atoms with Gasteiger partial charge in [-0.2, -0.15) is 13.2 Å². The quantitative estimate of drug-likeness (QED) is 0.344. The van der Waals surface area contributed by atoms with E-state index in [4.69, 9.17) is 11.6 Å². The van der Waals surface area contributed by atoms with Gasteiger partial charge >= 0.3 is 12.1 Å². The number of rotatable bonds is 5. The van der Waals surface area contributed by atoms with Crippen molar-refractivity contribution in [2.45, 2.75) is 6.18 Å². The van der Waals surface area contributed by atoms with Gasteiger partial charge in [-0.15, -0.1) is 0 Å². The van der Waals surface area contributed by atoms with Crippen molar-refractivity contribution in [1.29, 1.82) is 0 Å². The molecule has 0 aliphatic rings. The van der Waals surface area contributed by atoms with Crippen LogP contribution in [-0.2, 0) is 4.79 Å². The smallest absolute Gasteiger partial charge is 0.318 e. The van der Waals surface area contributed by atoms with Crippen LogP contribution >= 0.6 is 11.6 Å². The van der Waals surface area contributed by atoms with Crippen LogP contribution in [0.5, 0.6) is 0 Å². The average Bonchev–Trinajstić information content (AvgIpc) is 2.59. The number of nitro benzene ring substituents is 1. The molecule has 0 saturated heterocycles. The Labute approximate surface area is 155 Å². The number of alkyl halides is 3. The van der Waals surface area contributed by atoms with Crippen molar-refractivity contribution in [2.24, 2.45) is 0 Å². The Hall–Kier alpha value is -3.20. The number of anilines is 1. The summed E-state index contributed by atoms with van der Waals surface area (Å²) in [6.45, 7) is 0. The van der Waals surface area contributed by atoms with E-state index in [9.17, 15) is 32.9 Å². The number of benzene rings is 2. The largest absolute Gasteiger partial charge is 0.471 e. The number of nitrogens with one attached hydrogen (secondary N) is 1. The van der Waals surface area contributed by atoms with Gasteiger partial charge in [0.1, 0.15) is 5.02 Å². The van der Waals surface area contributed by atoms with Crippen molar-refractivity contribution >= 4 is 40.7 Å². The number of hydrogen-bond donors (Lipinski definition) is 1. The van der Waals surface area contributed by atoms with E-state index in [1.807, 2.05) is 0 Å². The zero-order valence-electron chi connectivity index (χ0n) is 13.3. The highest BCUT2D eigenvalue weighted by atomic mass is 35.5. The van der Waals surface area contributed by atoms with E-state index in [1.54, 1.807) is 5.32 Å². The number of amides is 1. The first-order valence-electron chi connectivity index (χ1n) is 7.22. The molecule has 1 N–H and O–H groups in total. The summed E-state index contributed by atoms with van der Waals surface area (Å²) in [5, 5.41) is 12.4. The first-order valence-corrected chi connectivity index (χ1v) is 7.60. The number of hydrogen-bond acceptors (Lipinski definition) is 4. The predicted molar refractivity (Wildman–Crippen MR) is 92.6 cm³/mol. The van der Waals surface area contributed by atoms with Crippen LogP contribution in [0.1, 0.15) is 15.9 Å². The van der Waals surface area contributed by atoms with E-state index >= 15 is 0 Å². The number of halogens is 4. The molecule has 0 saturated carbocycles. The van der Waals surface area contributed by atoms with Crippen LogP contribution in [0.2, 0.25) is 5.02 Å². The van der Waals surface area contributed by atoms with Crippen LogP contribution < -0.4 is 5.32 Å². The maximum Gasteiger partial charge on any atom is 0.471 e. The first kappa shape index (κ1) is 20.1. The minimum atomic E-state index is -5.02. The van der Waals surface area contributed by atoms with Gasteiger partial charge in [-0.1, -0.05) is 29.8 Å². The lowest BCUT2D eigenvalue weighted by atomic mass is 10.1. The first-order chi connectivity index (χ1) is 12.6. The molecule has 0 bridgehead atoms. The topological polar surface area (TPSA) is 89.3 Å². The van der Waals surface area contributed by atoms with Crippen LogP contribution in [-0.4, -0.2) is 22.8 Å². The SMILES string of the molecule is O=C(/C=C/c1cccc(NC(=O)C(F)(F)F)c1)c1ccc(Cl)c([N+](=O)[O-])c1. The predicted octanol–water partition coefficient (Wildman–Crippen LogP) is 4.65. The van der Waals surface area contributed by atoms with Crippen molar-refractivity contribution in [2.75, 3.05) is 5.32 Å². The van der Waals surface area contributed by atoms with Crippen molar-refractivity contribution in [3.8, 4) is 0 Å². The van der Waals surface area contributed by atoms with E-state index in [0.29, 0.717) is 5.56 Å². The van der Waals surface area contributed by atoms with Crippen LogP contribution in [0.4, 0.5) is 24.5 Å². The van der Waals surface area contributed by atoms with Gasteiger partial charge in [0.25, 0.3) is 5.69 Å². The zero-order chi connectivity index (χ0) is 20.2. The number of nitrogens with zero attached hydrogens (tertiary/aromatic N) is 1. The van der Waals surface area contributed by atoms with Gasteiger partial charge in [-0.25, -0.2) is 0 Å². The van der Waals surface area contributed by atoms with Gasteiger partial charge in [0.2, 0.25) is 0 Å². The third-order valence-electron chi connectivity index (χ3n) is 3.26. The maximum atomic E-state index is 12.3. The Morgan fingerprint density at radius 2 is 1.85 bits per heavy atom. The second kappa shape index (κ2) is 8.00. The molecular weight excluding hydrogens is 389 g/mol. The summed E-state index contributed by atoms with van der Waals surface area (Å²) in [4.78, 5) is 33.2. The minimum Gasteiger partial charge on any atom is -0.318 e. The molecule has 0 fully saturated rings. The number of ketones is 1. The van der Waals surface area contributed by atoms with Crippen LogP contribution in [0.25, 0.3) is 6.08 Å². The Morgan fingerprint density at radius 1 is 1.15 bits per heavy atom. The molecule has 140 valence electrons. The Kier molecular flexibility index (Phi) is 5.96. The van der Waals surface area contributed by atoms with Gasteiger partial charge in [0.05, 0.1) is 4.92 Å². The molecule has 0 radical (unpaired) electrons. The van der Waals surface area contributed by atoms with E-state index in [-0.39, 0.29) is 16.3 Å². The number of allylic oxidation sites excluding steroid dienone is 1. The fourth-order valence-electron chi connectivity index (χ4n) is 2.00. The highest BCUT2D eigenvalue weighted by Gasteiger charge is 2.38. The summed E-state index contributed by atoms with van der Waals surface area (Å²) >= 11 is 5.67. The molecule has 10 heteroatoms. The number of carbonyl (C=O) groups excluding carboxylic acids is 2. The molecule has 0 atom stereocenters. The van der Waals surface area contributed by atoms with Crippen molar-refractivity contribution in [3.05, 3.63) is 74.8 Å². The third kappa shape index (κ3) is 5.38. The fraction of sp³-hybridized carbons (Fsp3) is 0.0588.